The lowest BCUT2D eigenvalue weighted by atomic mass is 9.55. The molecule has 1 aliphatic heterocycles. The molecule has 1 amide bonds. The van der Waals surface area contributed by atoms with Crippen LogP contribution in [0.1, 0.15) is 62.5 Å². The van der Waals surface area contributed by atoms with Crippen molar-refractivity contribution in [2.24, 2.45) is 11.8 Å². The lowest BCUT2D eigenvalue weighted by molar-refractivity contribution is -0.135. The van der Waals surface area contributed by atoms with Crippen LogP contribution in [0.15, 0.2) is 42.5 Å². The first-order valence-corrected chi connectivity index (χ1v) is 15.2. The number of nitrogens with zero attached hydrogens (tertiary/aromatic N) is 1. The predicted octanol–water partition coefficient (Wildman–Crippen LogP) is 6.07. The van der Waals surface area contributed by atoms with Gasteiger partial charge in [-0.3, -0.25) is 9.59 Å². The molecule has 2 aliphatic carbocycles. The Morgan fingerprint density at radius 3 is 2.51 bits per heavy atom. The number of hydrogen-bond donors (Lipinski definition) is 1. The van der Waals surface area contributed by atoms with Crippen molar-refractivity contribution >= 4 is 40.8 Å². The Balaban J connectivity index is 1.13. The van der Waals surface area contributed by atoms with Crippen LogP contribution in [0.5, 0.6) is 11.5 Å². The van der Waals surface area contributed by atoms with Crippen LogP contribution < -0.4 is 19.7 Å². The summed E-state index contributed by atoms with van der Waals surface area (Å²) in [6, 6.07) is 13.9. The van der Waals surface area contributed by atoms with Crippen molar-refractivity contribution in [3.8, 4) is 11.5 Å². The largest absolute Gasteiger partial charge is 0.493 e. The lowest BCUT2D eigenvalue weighted by Crippen LogP contribution is -2.60. The normalized spacial score (nSPS) is 25.5. The number of rotatable bonds is 10. The van der Waals surface area contributed by atoms with Crippen LogP contribution in [0.25, 0.3) is 0 Å². The Bertz CT molecular complexity index is 1170. The van der Waals surface area contributed by atoms with Gasteiger partial charge in [0, 0.05) is 42.5 Å². The summed E-state index contributed by atoms with van der Waals surface area (Å²) in [5.41, 5.74) is 3.66. The molecule has 5 rings (SSSR count). The van der Waals surface area contributed by atoms with Gasteiger partial charge in [-0.25, -0.2) is 0 Å². The minimum atomic E-state index is -0.304. The standard InChI is InChI=1S/C31H38Cl2N2O4/c1-31-14-12-26-25-9-7-24(20-21(25)2-8-27(26)28(31)10-11-29(36)34-31)39-30(37)13-19-38-23-5-3-22(4-6-23)35(17-15-32)18-16-33/h3-7,9,20,26-28H,2,8,10-19H2,1H3,(H,34,36)/t26-,27-,28+,31+/m1/s1. The maximum absolute atomic E-state index is 12.5. The summed E-state index contributed by atoms with van der Waals surface area (Å²) in [5.74, 6) is 3.91. The van der Waals surface area contributed by atoms with Crippen LogP contribution in [0.3, 0.4) is 0 Å². The molecule has 6 nitrogen and oxygen atoms in total. The maximum Gasteiger partial charge on any atom is 0.314 e. The molecule has 0 unspecified atom stereocenters. The van der Waals surface area contributed by atoms with E-state index in [0.717, 1.165) is 50.9 Å². The van der Waals surface area contributed by atoms with E-state index in [1.165, 1.54) is 11.1 Å². The smallest absolute Gasteiger partial charge is 0.314 e. The van der Waals surface area contributed by atoms with Gasteiger partial charge in [0.15, 0.2) is 0 Å². The monoisotopic (exact) mass is 572 g/mol. The van der Waals surface area contributed by atoms with Gasteiger partial charge in [0.1, 0.15) is 11.5 Å². The second-order valence-corrected chi connectivity index (χ2v) is 12.0. The molecule has 0 bridgehead atoms. The van der Waals surface area contributed by atoms with Crippen LogP contribution in [-0.2, 0) is 16.0 Å². The number of esters is 1. The zero-order chi connectivity index (χ0) is 27.4. The summed E-state index contributed by atoms with van der Waals surface area (Å²) in [6.45, 7) is 3.94. The summed E-state index contributed by atoms with van der Waals surface area (Å²) in [5, 5.41) is 3.31. The van der Waals surface area contributed by atoms with Gasteiger partial charge in [-0.1, -0.05) is 6.07 Å². The molecule has 2 aromatic rings. The Hall–Kier alpha value is -2.44. The maximum atomic E-state index is 12.5. The molecule has 210 valence electrons. The number of alkyl halides is 2. The van der Waals surface area contributed by atoms with Crippen molar-refractivity contribution in [2.75, 3.05) is 36.4 Å². The van der Waals surface area contributed by atoms with Gasteiger partial charge in [0.2, 0.25) is 5.91 Å². The number of amides is 1. The number of halogens is 2. The van der Waals surface area contributed by atoms with Crippen LogP contribution >= 0.6 is 23.2 Å². The Morgan fingerprint density at radius 2 is 1.77 bits per heavy atom. The Labute approximate surface area is 241 Å². The highest BCUT2D eigenvalue weighted by Gasteiger charge is 2.50. The fraction of sp³-hybridized carbons (Fsp3) is 0.548. The number of benzene rings is 2. The number of fused-ring (bicyclic) bond motifs is 5. The van der Waals surface area contributed by atoms with E-state index in [1.54, 1.807) is 0 Å². The van der Waals surface area contributed by atoms with E-state index in [-0.39, 0.29) is 30.4 Å². The molecule has 39 heavy (non-hydrogen) atoms. The number of anilines is 1. The molecule has 1 saturated carbocycles. The fourth-order valence-electron chi connectivity index (χ4n) is 7.06. The second kappa shape index (κ2) is 12.4. The topological polar surface area (TPSA) is 67.9 Å². The van der Waals surface area contributed by atoms with Crippen molar-refractivity contribution in [3.05, 3.63) is 53.6 Å². The Morgan fingerprint density at radius 1 is 1.03 bits per heavy atom. The molecule has 1 heterocycles. The van der Waals surface area contributed by atoms with E-state index < -0.39 is 0 Å². The van der Waals surface area contributed by atoms with Crippen LogP contribution in [0.4, 0.5) is 5.69 Å². The molecular formula is C31H38Cl2N2O4. The summed E-state index contributed by atoms with van der Waals surface area (Å²) in [4.78, 5) is 26.7. The first-order chi connectivity index (χ1) is 18.9. The minimum absolute atomic E-state index is 0.0671. The first kappa shape index (κ1) is 28.1. The molecular weight excluding hydrogens is 535 g/mol. The van der Waals surface area contributed by atoms with Crippen molar-refractivity contribution in [3.63, 3.8) is 0 Å². The number of nitrogens with one attached hydrogen (secondary N) is 1. The van der Waals surface area contributed by atoms with E-state index in [1.807, 2.05) is 36.4 Å². The van der Waals surface area contributed by atoms with E-state index in [0.29, 0.717) is 47.4 Å². The fourth-order valence-corrected chi connectivity index (χ4v) is 7.47. The molecule has 0 spiro atoms. The van der Waals surface area contributed by atoms with Gasteiger partial charge in [-0.15, -0.1) is 23.2 Å². The summed E-state index contributed by atoms with van der Waals surface area (Å²) >= 11 is 11.8. The highest BCUT2D eigenvalue weighted by atomic mass is 35.5. The zero-order valence-corrected chi connectivity index (χ0v) is 24.1. The molecule has 1 saturated heterocycles. The average Bonchev–Trinajstić information content (AvgIpc) is 2.92. The van der Waals surface area contributed by atoms with Gasteiger partial charge < -0.3 is 19.7 Å². The first-order valence-electron chi connectivity index (χ1n) is 14.1. The van der Waals surface area contributed by atoms with E-state index in [4.69, 9.17) is 32.7 Å². The third-order valence-corrected chi connectivity index (χ3v) is 9.25. The van der Waals surface area contributed by atoms with Gasteiger partial charge in [-0.05, 0) is 104 Å². The quantitative estimate of drug-likeness (QED) is 0.212. The SMILES string of the molecule is C[C@]12CC[C@@H]3c4ccc(OC(=O)CCOc5ccc(N(CCCl)CCCl)cc5)cc4CC[C@H]3[C@@H]1CCC(=O)N2. The predicted molar refractivity (Wildman–Crippen MR) is 155 cm³/mol. The van der Waals surface area contributed by atoms with Crippen LogP contribution in [0, 0.1) is 11.8 Å². The molecule has 0 radical (unpaired) electrons. The van der Waals surface area contributed by atoms with Gasteiger partial charge in [0.05, 0.1) is 13.0 Å². The van der Waals surface area contributed by atoms with E-state index in [9.17, 15) is 9.59 Å². The molecule has 2 aromatic carbocycles. The highest BCUT2D eigenvalue weighted by molar-refractivity contribution is 6.18. The number of piperidine rings is 1. The van der Waals surface area contributed by atoms with E-state index in [2.05, 4.69) is 23.2 Å². The number of hydrogen-bond acceptors (Lipinski definition) is 5. The van der Waals surface area contributed by atoms with E-state index >= 15 is 0 Å². The highest BCUT2D eigenvalue weighted by Crippen LogP contribution is 2.53. The summed E-state index contributed by atoms with van der Waals surface area (Å²) < 4.78 is 11.5. The number of ether oxygens (including phenoxy) is 2. The third-order valence-electron chi connectivity index (χ3n) is 8.91. The molecule has 8 heteroatoms. The third kappa shape index (κ3) is 6.33. The minimum Gasteiger partial charge on any atom is -0.493 e. The number of aryl methyl sites for hydroxylation is 1. The molecule has 1 N–H and O–H groups in total. The second-order valence-electron chi connectivity index (χ2n) is 11.3. The van der Waals surface area contributed by atoms with Crippen molar-refractivity contribution < 1.29 is 19.1 Å². The molecule has 2 fully saturated rings. The average molecular weight is 574 g/mol. The van der Waals surface area contributed by atoms with Crippen LogP contribution in [0.2, 0.25) is 0 Å². The van der Waals surface area contributed by atoms with Crippen LogP contribution in [-0.4, -0.2) is 48.9 Å². The molecule has 3 aliphatic rings. The molecule has 4 atom stereocenters. The van der Waals surface area contributed by atoms with Crippen molar-refractivity contribution in [1.82, 2.24) is 5.32 Å². The zero-order valence-electron chi connectivity index (χ0n) is 22.6. The molecule has 0 aromatic heterocycles. The Kier molecular flexibility index (Phi) is 8.92. The van der Waals surface area contributed by atoms with Crippen molar-refractivity contribution in [2.45, 2.75) is 63.3 Å². The summed E-state index contributed by atoms with van der Waals surface area (Å²) in [7, 11) is 0. The number of carbonyl (C=O) groups is 2. The van der Waals surface area contributed by atoms with Gasteiger partial charge in [0.25, 0.3) is 0 Å². The number of carbonyl (C=O) groups excluding carboxylic acids is 2. The van der Waals surface area contributed by atoms with Crippen molar-refractivity contribution in [1.29, 1.82) is 0 Å². The van der Waals surface area contributed by atoms with Gasteiger partial charge >= 0.3 is 5.97 Å². The summed E-state index contributed by atoms with van der Waals surface area (Å²) in [6.07, 6.45) is 5.99. The lowest BCUT2D eigenvalue weighted by Gasteiger charge is -2.54. The van der Waals surface area contributed by atoms with Gasteiger partial charge in [-0.2, -0.15) is 0 Å².